The molecule has 1 aliphatic rings. The summed E-state index contributed by atoms with van der Waals surface area (Å²) in [6.07, 6.45) is 2.45. The monoisotopic (exact) mass is 397 g/mol. The zero-order valence-corrected chi connectivity index (χ0v) is 18.4. The van der Waals surface area contributed by atoms with Crippen molar-refractivity contribution in [2.24, 2.45) is 0 Å². The lowest BCUT2D eigenvalue weighted by molar-refractivity contribution is -0.131. The zero-order chi connectivity index (χ0) is 20.8. The number of aryl methyl sites for hydroxylation is 1. The Morgan fingerprint density at radius 1 is 1.07 bits per heavy atom. The van der Waals surface area contributed by atoms with Gasteiger partial charge in [-0.15, -0.1) is 0 Å². The number of likely N-dealkylation sites (N-methyl/N-ethyl adjacent to an activating group) is 1. The number of hydrogen-bond donors (Lipinski definition) is 0. The van der Waals surface area contributed by atoms with E-state index in [1.807, 2.05) is 23.1 Å². The predicted octanol–water partition coefficient (Wildman–Crippen LogP) is 3.47. The second-order valence-corrected chi connectivity index (χ2v) is 7.99. The van der Waals surface area contributed by atoms with E-state index in [0.717, 1.165) is 62.8 Å². The Morgan fingerprint density at radius 3 is 2.38 bits per heavy atom. The summed E-state index contributed by atoms with van der Waals surface area (Å²) >= 11 is 0. The average Bonchev–Trinajstić information content (AvgIpc) is 3.05. The molecule has 1 aliphatic heterocycles. The lowest BCUT2D eigenvalue weighted by Crippen LogP contribution is -2.45. The van der Waals surface area contributed by atoms with Crippen LogP contribution in [0.15, 0.2) is 30.3 Å². The van der Waals surface area contributed by atoms with E-state index in [1.54, 1.807) is 0 Å². The minimum Gasteiger partial charge on any atom is -0.354 e. The van der Waals surface area contributed by atoms with Crippen LogP contribution in [-0.4, -0.2) is 65.3 Å². The lowest BCUT2D eigenvalue weighted by Gasteiger charge is -2.35. The maximum atomic E-state index is 12.7. The fourth-order valence-electron chi connectivity index (χ4n) is 3.95. The van der Waals surface area contributed by atoms with Gasteiger partial charge in [0.15, 0.2) is 0 Å². The average molecular weight is 398 g/mol. The van der Waals surface area contributed by atoms with Crippen LogP contribution in [0, 0.1) is 6.92 Å². The van der Waals surface area contributed by atoms with E-state index < -0.39 is 0 Å². The van der Waals surface area contributed by atoms with Gasteiger partial charge < -0.3 is 14.7 Å². The zero-order valence-electron chi connectivity index (χ0n) is 18.4. The third-order valence-corrected chi connectivity index (χ3v) is 5.62. The van der Waals surface area contributed by atoms with Crippen molar-refractivity contribution in [3.63, 3.8) is 0 Å². The van der Waals surface area contributed by atoms with Gasteiger partial charge >= 0.3 is 0 Å². The van der Waals surface area contributed by atoms with Crippen LogP contribution < -0.4 is 4.90 Å². The smallest absolute Gasteiger partial charge is 0.222 e. The van der Waals surface area contributed by atoms with Gasteiger partial charge in [-0.3, -0.25) is 4.79 Å². The maximum absolute atomic E-state index is 12.7. The van der Waals surface area contributed by atoms with Gasteiger partial charge in [0, 0.05) is 44.7 Å². The molecule has 0 spiro atoms. The number of carbonyl (C=O) groups excluding carboxylic acids is 1. The van der Waals surface area contributed by atoms with Gasteiger partial charge in [0.25, 0.3) is 0 Å². The molecule has 1 aromatic carbocycles. The van der Waals surface area contributed by atoms with Crippen molar-refractivity contribution in [2.45, 2.75) is 46.6 Å². The van der Waals surface area contributed by atoms with Crippen LogP contribution in [0.3, 0.4) is 0 Å². The topological polar surface area (TPSA) is 44.6 Å². The third kappa shape index (κ3) is 4.99. The summed E-state index contributed by atoms with van der Waals surface area (Å²) in [6, 6.07) is 10.3. The van der Waals surface area contributed by atoms with Gasteiger partial charge in [0.2, 0.25) is 5.91 Å². The first-order valence-corrected chi connectivity index (χ1v) is 10.9. The van der Waals surface area contributed by atoms with Crippen LogP contribution in [-0.2, 0) is 11.3 Å². The molecule has 1 amide bonds. The highest BCUT2D eigenvalue weighted by Gasteiger charge is 2.26. The van der Waals surface area contributed by atoms with Crippen LogP contribution in [0.25, 0.3) is 5.69 Å². The molecule has 1 aromatic heterocycles. The molecule has 29 heavy (non-hydrogen) atoms. The molecule has 0 bridgehead atoms. The number of para-hydroxylation sites is 1. The first kappa shape index (κ1) is 21.4. The fourth-order valence-corrected chi connectivity index (χ4v) is 3.95. The molecule has 0 N–H and O–H groups in total. The SMILES string of the molecule is CCCC(=O)N(CCC)Cc1c(C)nn(-c2ccccc2)c1N1CCN(C)CC1. The Balaban J connectivity index is 2.01. The standard InChI is InChI=1S/C23H35N5O/c1-5-10-22(29)27(13-6-2)18-21-19(3)24-28(20-11-8-7-9-12-20)23(21)26-16-14-25(4)15-17-26/h7-9,11-12H,5-6,10,13-18H2,1-4H3. The van der Waals surface area contributed by atoms with Crippen LogP contribution >= 0.6 is 0 Å². The van der Waals surface area contributed by atoms with Crippen LogP contribution in [0.1, 0.15) is 44.4 Å². The number of benzene rings is 1. The van der Waals surface area contributed by atoms with Crippen molar-refractivity contribution in [2.75, 3.05) is 44.7 Å². The quantitative estimate of drug-likeness (QED) is 0.684. The number of carbonyl (C=O) groups is 1. The number of piperazine rings is 1. The molecular formula is C23H35N5O. The molecule has 3 rings (SSSR count). The number of nitrogens with zero attached hydrogens (tertiary/aromatic N) is 5. The first-order chi connectivity index (χ1) is 14.0. The predicted molar refractivity (Wildman–Crippen MR) is 119 cm³/mol. The summed E-state index contributed by atoms with van der Waals surface area (Å²) in [5.41, 5.74) is 3.25. The molecule has 2 heterocycles. The number of amides is 1. The van der Waals surface area contributed by atoms with Crippen molar-refractivity contribution in [3.05, 3.63) is 41.6 Å². The van der Waals surface area contributed by atoms with Gasteiger partial charge in [0.05, 0.1) is 17.9 Å². The highest BCUT2D eigenvalue weighted by atomic mass is 16.2. The maximum Gasteiger partial charge on any atom is 0.222 e. The molecule has 0 aliphatic carbocycles. The second kappa shape index (κ2) is 9.92. The second-order valence-electron chi connectivity index (χ2n) is 7.99. The highest BCUT2D eigenvalue weighted by molar-refractivity contribution is 5.76. The van der Waals surface area contributed by atoms with Crippen molar-refractivity contribution in [3.8, 4) is 5.69 Å². The normalized spacial score (nSPS) is 15.0. The summed E-state index contributed by atoms with van der Waals surface area (Å²) in [5.74, 6) is 1.39. The Bertz CT molecular complexity index is 793. The number of hydrogen-bond acceptors (Lipinski definition) is 4. The molecule has 0 atom stereocenters. The highest BCUT2D eigenvalue weighted by Crippen LogP contribution is 2.29. The molecule has 0 unspecified atom stereocenters. The third-order valence-electron chi connectivity index (χ3n) is 5.62. The fraction of sp³-hybridized carbons (Fsp3) is 0.565. The van der Waals surface area contributed by atoms with Crippen molar-refractivity contribution in [1.29, 1.82) is 0 Å². The van der Waals surface area contributed by atoms with Crippen molar-refractivity contribution < 1.29 is 4.79 Å². The molecule has 0 saturated carbocycles. The molecule has 2 aromatic rings. The van der Waals surface area contributed by atoms with Gasteiger partial charge in [0.1, 0.15) is 5.82 Å². The first-order valence-electron chi connectivity index (χ1n) is 10.9. The van der Waals surface area contributed by atoms with Crippen LogP contribution in [0.5, 0.6) is 0 Å². The van der Waals surface area contributed by atoms with E-state index in [0.29, 0.717) is 13.0 Å². The lowest BCUT2D eigenvalue weighted by atomic mass is 10.1. The largest absolute Gasteiger partial charge is 0.354 e. The summed E-state index contributed by atoms with van der Waals surface area (Å²) < 4.78 is 2.07. The van der Waals surface area contributed by atoms with Gasteiger partial charge in [-0.05, 0) is 38.9 Å². The van der Waals surface area contributed by atoms with E-state index in [9.17, 15) is 4.79 Å². The Labute approximate surface area is 175 Å². The Hall–Kier alpha value is -2.34. The summed E-state index contributed by atoms with van der Waals surface area (Å²) in [7, 11) is 2.17. The van der Waals surface area contributed by atoms with E-state index >= 15 is 0 Å². The molecule has 6 heteroatoms. The van der Waals surface area contributed by atoms with Crippen LogP contribution in [0.2, 0.25) is 0 Å². The summed E-state index contributed by atoms with van der Waals surface area (Å²) in [5, 5.41) is 4.92. The van der Waals surface area contributed by atoms with E-state index in [4.69, 9.17) is 5.10 Å². The van der Waals surface area contributed by atoms with E-state index in [2.05, 4.69) is 54.4 Å². The number of aromatic nitrogens is 2. The van der Waals surface area contributed by atoms with E-state index in [1.165, 1.54) is 5.56 Å². The molecule has 1 saturated heterocycles. The van der Waals surface area contributed by atoms with Crippen molar-refractivity contribution >= 4 is 11.7 Å². The van der Waals surface area contributed by atoms with Crippen LogP contribution in [0.4, 0.5) is 5.82 Å². The molecule has 158 valence electrons. The Kier molecular flexibility index (Phi) is 7.31. The minimum absolute atomic E-state index is 0.241. The molecule has 6 nitrogen and oxygen atoms in total. The molecule has 1 fully saturated rings. The summed E-state index contributed by atoms with van der Waals surface area (Å²) in [6.45, 7) is 11.7. The van der Waals surface area contributed by atoms with Gasteiger partial charge in [-0.25, -0.2) is 4.68 Å². The summed E-state index contributed by atoms with van der Waals surface area (Å²) in [4.78, 5) is 19.6. The van der Waals surface area contributed by atoms with Gasteiger partial charge in [-0.2, -0.15) is 5.10 Å². The minimum atomic E-state index is 0.241. The van der Waals surface area contributed by atoms with Crippen molar-refractivity contribution in [1.82, 2.24) is 19.6 Å². The van der Waals surface area contributed by atoms with E-state index in [-0.39, 0.29) is 5.91 Å². The molecular weight excluding hydrogens is 362 g/mol. The number of rotatable bonds is 8. The van der Waals surface area contributed by atoms with Gasteiger partial charge in [-0.1, -0.05) is 32.0 Å². The Morgan fingerprint density at radius 2 is 1.76 bits per heavy atom. The molecule has 0 radical (unpaired) electrons. The number of anilines is 1.